The number of hydrogen-bond donors (Lipinski definition) is 0. The lowest BCUT2D eigenvalue weighted by atomic mass is 9.70. The van der Waals surface area contributed by atoms with Gasteiger partial charge in [0.2, 0.25) is 5.91 Å². The molecule has 5 nitrogen and oxygen atoms in total. The molecule has 0 aromatic rings. The molecule has 2 atom stereocenters. The van der Waals surface area contributed by atoms with Gasteiger partial charge in [-0.3, -0.25) is 9.59 Å². The summed E-state index contributed by atoms with van der Waals surface area (Å²) in [5.41, 5.74) is 0. The Morgan fingerprint density at radius 3 is 1.83 bits per heavy atom. The highest BCUT2D eigenvalue weighted by Gasteiger charge is 2.42. The lowest BCUT2D eigenvalue weighted by molar-refractivity contribution is -0.147. The van der Waals surface area contributed by atoms with Gasteiger partial charge >= 0.3 is 0 Å². The van der Waals surface area contributed by atoms with E-state index in [0.717, 1.165) is 44.7 Å². The van der Waals surface area contributed by atoms with Gasteiger partial charge in [-0.05, 0) is 51.6 Å². The van der Waals surface area contributed by atoms with Crippen LogP contribution in [0, 0.1) is 17.8 Å². The van der Waals surface area contributed by atoms with Crippen LogP contribution in [0.3, 0.4) is 0 Å². The molecule has 3 aliphatic rings. The summed E-state index contributed by atoms with van der Waals surface area (Å²) in [6.45, 7) is 17.7. The van der Waals surface area contributed by atoms with Gasteiger partial charge < -0.3 is 14.7 Å². The van der Waals surface area contributed by atoms with Crippen molar-refractivity contribution in [3.63, 3.8) is 0 Å². The number of hydrogen-bond acceptors (Lipinski definition) is 4. The van der Waals surface area contributed by atoms with Crippen molar-refractivity contribution in [2.24, 2.45) is 17.8 Å². The molecule has 2 unspecified atom stereocenters. The number of piperazine rings is 1. The maximum Gasteiger partial charge on any atom is 0.226 e. The van der Waals surface area contributed by atoms with Crippen LogP contribution in [0.2, 0.25) is 0 Å². The highest BCUT2D eigenvalue weighted by Crippen LogP contribution is 2.38. The molecule has 1 aliphatic carbocycles. The summed E-state index contributed by atoms with van der Waals surface area (Å²) in [7, 11) is 2.20. The molecule has 0 aromatic carbocycles. The third-order valence-electron chi connectivity index (χ3n) is 6.73. The Morgan fingerprint density at radius 2 is 1.34 bits per heavy atom. The molecule has 1 amide bonds. The van der Waals surface area contributed by atoms with Gasteiger partial charge in [-0.25, -0.2) is 0 Å². The van der Waals surface area contributed by atoms with Crippen molar-refractivity contribution in [3.8, 4) is 0 Å². The van der Waals surface area contributed by atoms with Crippen LogP contribution in [0.25, 0.3) is 0 Å². The first-order chi connectivity index (χ1) is 14.1. The van der Waals surface area contributed by atoms with Crippen LogP contribution in [0.15, 0.2) is 0 Å². The highest BCUT2D eigenvalue weighted by molar-refractivity contribution is 5.90. The SMILES string of the molecule is CC.CC.CCC(=O)C1CCC1C(=O)N1CCC(CCN2CCN(C)CC2)CC1. The Bertz CT molecular complexity index is 467. The van der Waals surface area contributed by atoms with Crippen LogP contribution >= 0.6 is 0 Å². The number of carbonyl (C=O) groups is 2. The van der Waals surface area contributed by atoms with Gasteiger partial charge in [-0.15, -0.1) is 0 Å². The first kappa shape index (κ1) is 26.1. The largest absolute Gasteiger partial charge is 0.342 e. The van der Waals surface area contributed by atoms with Gasteiger partial charge in [0.05, 0.1) is 0 Å². The van der Waals surface area contributed by atoms with E-state index in [-0.39, 0.29) is 23.5 Å². The number of rotatable bonds is 6. The van der Waals surface area contributed by atoms with Gasteiger partial charge in [0.15, 0.2) is 0 Å². The zero-order valence-electron chi connectivity index (χ0n) is 20.1. The molecule has 0 spiro atoms. The van der Waals surface area contributed by atoms with Crippen LogP contribution in [0.5, 0.6) is 0 Å². The number of ketones is 1. The molecule has 0 bridgehead atoms. The topological polar surface area (TPSA) is 43.9 Å². The average molecular weight is 410 g/mol. The van der Waals surface area contributed by atoms with Gasteiger partial charge in [-0.1, -0.05) is 34.6 Å². The third-order valence-corrected chi connectivity index (χ3v) is 6.73. The van der Waals surface area contributed by atoms with Crippen molar-refractivity contribution in [2.75, 3.05) is 52.9 Å². The smallest absolute Gasteiger partial charge is 0.226 e. The standard InChI is InChI=1S/C20H35N3O2.2C2H6/c1-3-19(24)17-4-5-18(17)20(25)23-10-7-16(8-11-23)6-9-22-14-12-21(2)13-15-22;2*1-2/h16-18H,3-15H2,1-2H3;2*1-2H3. The molecule has 2 saturated heterocycles. The molecule has 170 valence electrons. The Morgan fingerprint density at radius 1 is 0.793 bits per heavy atom. The van der Waals surface area contributed by atoms with Crippen molar-refractivity contribution in [3.05, 3.63) is 0 Å². The van der Waals surface area contributed by atoms with Crippen LogP contribution in [0.4, 0.5) is 0 Å². The van der Waals surface area contributed by atoms with Crippen LogP contribution in [0.1, 0.15) is 73.1 Å². The molecule has 2 aliphatic heterocycles. The van der Waals surface area contributed by atoms with Crippen molar-refractivity contribution in [2.45, 2.75) is 73.1 Å². The molecule has 29 heavy (non-hydrogen) atoms. The van der Waals surface area contributed by atoms with E-state index in [0.29, 0.717) is 6.42 Å². The second-order valence-electron chi connectivity index (χ2n) is 8.31. The number of carbonyl (C=O) groups excluding carboxylic acids is 2. The molecule has 5 heteroatoms. The fourth-order valence-electron chi connectivity index (χ4n) is 4.56. The number of amides is 1. The molecular formula is C24H47N3O2. The zero-order valence-corrected chi connectivity index (χ0v) is 20.1. The maximum absolute atomic E-state index is 12.7. The molecule has 3 fully saturated rings. The molecule has 0 N–H and O–H groups in total. The fourth-order valence-corrected chi connectivity index (χ4v) is 4.56. The van der Waals surface area contributed by atoms with E-state index in [2.05, 4.69) is 16.8 Å². The first-order valence-corrected chi connectivity index (χ1v) is 12.3. The van der Waals surface area contributed by atoms with E-state index in [1.165, 1.54) is 39.1 Å². The van der Waals surface area contributed by atoms with E-state index in [1.807, 2.05) is 39.5 Å². The number of piperidine rings is 1. The summed E-state index contributed by atoms with van der Waals surface area (Å²) in [5.74, 6) is 1.32. The minimum Gasteiger partial charge on any atom is -0.342 e. The van der Waals surface area contributed by atoms with Crippen molar-refractivity contribution in [1.82, 2.24) is 14.7 Å². The summed E-state index contributed by atoms with van der Waals surface area (Å²) >= 11 is 0. The van der Waals surface area contributed by atoms with Crippen LogP contribution in [-0.2, 0) is 9.59 Å². The van der Waals surface area contributed by atoms with Crippen LogP contribution in [-0.4, -0.2) is 79.3 Å². The fraction of sp³-hybridized carbons (Fsp3) is 0.917. The minimum atomic E-state index is -0.00524. The third kappa shape index (κ3) is 7.67. The summed E-state index contributed by atoms with van der Waals surface area (Å²) in [6, 6.07) is 0. The molecule has 0 radical (unpaired) electrons. The van der Waals surface area contributed by atoms with E-state index in [9.17, 15) is 9.59 Å². The van der Waals surface area contributed by atoms with E-state index < -0.39 is 0 Å². The average Bonchev–Trinajstić information content (AvgIpc) is 2.75. The molecular weight excluding hydrogens is 362 g/mol. The van der Waals surface area contributed by atoms with Gasteiger partial charge in [0.25, 0.3) is 0 Å². The zero-order chi connectivity index (χ0) is 21.8. The Kier molecular flexibility index (Phi) is 12.7. The summed E-state index contributed by atoms with van der Waals surface area (Å²) in [6.07, 6.45) is 5.95. The molecule has 1 saturated carbocycles. The monoisotopic (exact) mass is 409 g/mol. The summed E-state index contributed by atoms with van der Waals surface area (Å²) in [5, 5.41) is 0. The van der Waals surface area contributed by atoms with Crippen molar-refractivity contribution >= 4 is 11.7 Å². The number of Topliss-reactive ketones (excluding diaryl/α,β-unsaturated/α-hetero) is 1. The van der Waals surface area contributed by atoms with Gasteiger partial charge in [0.1, 0.15) is 5.78 Å². The van der Waals surface area contributed by atoms with Crippen molar-refractivity contribution < 1.29 is 9.59 Å². The predicted molar refractivity (Wildman–Crippen MR) is 122 cm³/mol. The van der Waals surface area contributed by atoms with Gasteiger partial charge in [0, 0.05) is 57.5 Å². The number of likely N-dealkylation sites (N-methyl/N-ethyl adjacent to an activating group) is 1. The number of likely N-dealkylation sites (tertiary alicyclic amines) is 1. The normalized spacial score (nSPS) is 25.8. The van der Waals surface area contributed by atoms with E-state index in [4.69, 9.17) is 0 Å². The maximum atomic E-state index is 12.7. The lowest BCUT2D eigenvalue weighted by Crippen LogP contribution is -2.49. The van der Waals surface area contributed by atoms with Crippen molar-refractivity contribution in [1.29, 1.82) is 0 Å². The highest BCUT2D eigenvalue weighted by atomic mass is 16.2. The summed E-state index contributed by atoms with van der Waals surface area (Å²) < 4.78 is 0. The molecule has 3 rings (SSSR count). The van der Waals surface area contributed by atoms with Gasteiger partial charge in [-0.2, -0.15) is 0 Å². The Balaban J connectivity index is 0.000000989. The summed E-state index contributed by atoms with van der Waals surface area (Å²) in [4.78, 5) is 31.7. The van der Waals surface area contributed by atoms with E-state index >= 15 is 0 Å². The molecule has 2 heterocycles. The Labute approximate surface area is 180 Å². The van der Waals surface area contributed by atoms with E-state index in [1.54, 1.807) is 0 Å². The quantitative estimate of drug-likeness (QED) is 0.667. The number of nitrogens with zero attached hydrogens (tertiary/aromatic N) is 3. The van der Waals surface area contributed by atoms with Crippen LogP contribution < -0.4 is 0 Å². The molecule has 0 aromatic heterocycles. The minimum absolute atomic E-state index is 0.00524. The second-order valence-corrected chi connectivity index (χ2v) is 8.31. The predicted octanol–water partition coefficient (Wildman–Crippen LogP) is 3.92. The Hall–Kier alpha value is -0.940. The second kappa shape index (κ2) is 14.1. The first-order valence-electron chi connectivity index (χ1n) is 12.3. The lowest BCUT2D eigenvalue weighted by Gasteiger charge is -2.40.